The maximum absolute atomic E-state index is 14.7. The molecule has 1 unspecified atom stereocenters. The lowest BCUT2D eigenvalue weighted by atomic mass is 9.33. The zero-order valence-electron chi connectivity index (χ0n) is 29.0. The van der Waals surface area contributed by atoms with Gasteiger partial charge in [-0.3, -0.25) is 14.4 Å². The largest absolute Gasteiger partial charge is 0.595 e. The molecule has 10 atom stereocenters. The van der Waals surface area contributed by atoms with Gasteiger partial charge in [-0.05, 0) is 103 Å². The summed E-state index contributed by atoms with van der Waals surface area (Å²) in [6.45, 7) is 17.5. The van der Waals surface area contributed by atoms with Gasteiger partial charge in [0.25, 0.3) is 0 Å². The molecule has 0 bridgehead atoms. The van der Waals surface area contributed by atoms with Gasteiger partial charge in [0, 0.05) is 41.5 Å². The van der Waals surface area contributed by atoms with Crippen molar-refractivity contribution in [3.05, 3.63) is 41.1 Å². The van der Waals surface area contributed by atoms with Gasteiger partial charge in [0.2, 0.25) is 5.91 Å². The minimum absolute atomic E-state index is 0.0169. The Kier molecular flexibility index (Phi) is 7.78. The minimum Gasteiger partial charge on any atom is -0.595 e. The van der Waals surface area contributed by atoms with Gasteiger partial charge in [-0.15, -0.1) is 0 Å². The number of fused-ring (bicyclic) bond motifs is 7. The van der Waals surface area contributed by atoms with Gasteiger partial charge in [-0.2, -0.15) is 5.23 Å². The molecule has 252 valence electrons. The fraction of sp³-hybridized carbons (Fsp3) is 0.711. The predicted octanol–water partition coefficient (Wildman–Crippen LogP) is 6.94. The summed E-state index contributed by atoms with van der Waals surface area (Å²) in [5.74, 6) is 0.210. The predicted molar refractivity (Wildman–Crippen MR) is 176 cm³/mol. The summed E-state index contributed by atoms with van der Waals surface area (Å²) in [6.07, 6.45) is 9.93. The number of carbonyl (C=O) groups is 3. The zero-order valence-corrected chi connectivity index (χ0v) is 29.0. The number of hydrogen-bond donors (Lipinski definition) is 3. The highest BCUT2D eigenvalue weighted by molar-refractivity contribution is 5.97. The van der Waals surface area contributed by atoms with Crippen molar-refractivity contribution in [3.8, 4) is 0 Å². The molecule has 0 heterocycles. The molecule has 1 aromatic rings. The number of rotatable bonds is 4. The maximum atomic E-state index is 14.7. The number of nitrogens with one attached hydrogen (secondary N) is 2. The fourth-order valence-electron chi connectivity index (χ4n) is 11.8. The van der Waals surface area contributed by atoms with Gasteiger partial charge in [0.1, 0.15) is 6.10 Å². The molecule has 1 aromatic carbocycles. The molecule has 5 aliphatic carbocycles. The molecule has 3 N–H and O–H groups in total. The summed E-state index contributed by atoms with van der Waals surface area (Å²) >= 11 is 0. The average molecular weight is 635 g/mol. The second kappa shape index (κ2) is 10.7. The first-order valence-electron chi connectivity index (χ1n) is 17.4. The van der Waals surface area contributed by atoms with Crippen LogP contribution in [0.15, 0.2) is 35.9 Å². The first-order valence-corrected chi connectivity index (χ1v) is 17.4. The number of quaternary nitrogens is 1. The first kappa shape index (κ1) is 33.4. The Balaban J connectivity index is 1.33. The van der Waals surface area contributed by atoms with Crippen LogP contribution in [0.25, 0.3) is 0 Å². The van der Waals surface area contributed by atoms with E-state index < -0.39 is 10.6 Å². The maximum Gasteiger partial charge on any atom is 0.302 e. The summed E-state index contributed by atoms with van der Waals surface area (Å²) in [7, 11) is 0. The zero-order chi connectivity index (χ0) is 33.7. The lowest BCUT2D eigenvalue weighted by molar-refractivity contribution is -0.991. The summed E-state index contributed by atoms with van der Waals surface area (Å²) in [4.78, 5) is 40.6. The number of esters is 1. The molecule has 0 spiro atoms. The van der Waals surface area contributed by atoms with E-state index in [2.05, 4.69) is 46.9 Å². The number of ether oxygens (including phenoxy) is 1. The third kappa shape index (κ3) is 4.75. The highest BCUT2D eigenvalue weighted by Gasteiger charge is 2.70. The highest BCUT2D eigenvalue weighted by atomic mass is 16.8. The summed E-state index contributed by atoms with van der Waals surface area (Å²) in [5.41, 5.74) is 0.472. The van der Waals surface area contributed by atoms with Gasteiger partial charge < -0.3 is 15.3 Å². The van der Waals surface area contributed by atoms with Crippen LogP contribution in [0.4, 0.5) is 11.4 Å². The van der Waals surface area contributed by atoms with E-state index >= 15 is 0 Å². The molecular formula is C38H54N2O6. The highest BCUT2D eigenvalue weighted by Crippen LogP contribution is 2.75. The van der Waals surface area contributed by atoms with E-state index in [1.54, 1.807) is 12.1 Å². The molecule has 6 rings (SSSR count). The summed E-state index contributed by atoms with van der Waals surface area (Å²) in [5, 5.41) is 23.0. The second-order valence-corrected chi connectivity index (χ2v) is 17.6. The van der Waals surface area contributed by atoms with Gasteiger partial charge >= 0.3 is 5.97 Å². The minimum atomic E-state index is -1.03. The normalized spacial score (nSPS) is 43.5. The fourth-order valence-corrected chi connectivity index (χ4v) is 11.8. The molecule has 8 heteroatoms. The SMILES string of the molecule is CC(=O)O[C@H]1CC[C@@]2(C)[C@H](CC[C@]3(C)[C@@H]2C(=O)C=C2[C@H]4C[C@@](C)(C(=O)Nc5cccc([NH+]([O-])O)c5)CC[C@]4(C)CC[C@@]23C)C1(C)C. The van der Waals surface area contributed by atoms with Crippen LogP contribution in [-0.4, -0.2) is 29.0 Å². The Morgan fingerprint density at radius 1 is 0.978 bits per heavy atom. The molecule has 0 aliphatic heterocycles. The summed E-state index contributed by atoms with van der Waals surface area (Å²) < 4.78 is 5.86. The summed E-state index contributed by atoms with van der Waals surface area (Å²) in [6, 6.07) is 6.42. The van der Waals surface area contributed by atoms with Crippen LogP contribution in [0.3, 0.4) is 0 Å². The van der Waals surface area contributed by atoms with Gasteiger partial charge in [-0.25, -0.2) is 5.21 Å². The molecular weight excluding hydrogens is 580 g/mol. The van der Waals surface area contributed by atoms with E-state index in [0.717, 1.165) is 51.4 Å². The molecule has 4 saturated carbocycles. The van der Waals surface area contributed by atoms with E-state index in [9.17, 15) is 24.8 Å². The Hall–Kier alpha value is -2.55. The number of benzene rings is 1. The lowest BCUT2D eigenvalue weighted by Crippen LogP contribution is -2.99. The third-order valence-electron chi connectivity index (χ3n) is 14.7. The van der Waals surface area contributed by atoms with Crippen LogP contribution in [-0.2, 0) is 19.1 Å². The van der Waals surface area contributed by atoms with Crippen molar-refractivity contribution >= 4 is 29.0 Å². The van der Waals surface area contributed by atoms with Crippen molar-refractivity contribution in [2.24, 2.45) is 50.2 Å². The van der Waals surface area contributed by atoms with Gasteiger partial charge in [0.15, 0.2) is 11.5 Å². The molecule has 1 amide bonds. The number of allylic oxidation sites excluding steroid dienone is 2. The average Bonchev–Trinajstić information content (AvgIpc) is 2.96. The van der Waals surface area contributed by atoms with Gasteiger partial charge in [-0.1, -0.05) is 60.1 Å². The Labute approximate surface area is 274 Å². The molecule has 0 saturated heterocycles. The van der Waals surface area contributed by atoms with E-state index in [0.29, 0.717) is 12.1 Å². The molecule has 0 radical (unpaired) electrons. The number of hydrogen-bond acceptors (Lipinski definition) is 6. The van der Waals surface area contributed by atoms with E-state index in [4.69, 9.17) is 4.74 Å². The van der Waals surface area contributed by atoms with Crippen LogP contribution in [0.5, 0.6) is 0 Å². The first-order chi connectivity index (χ1) is 21.3. The lowest BCUT2D eigenvalue weighted by Gasteiger charge is -2.70. The van der Waals surface area contributed by atoms with Crippen LogP contribution in [0.2, 0.25) is 0 Å². The molecule has 0 aromatic heterocycles. The van der Waals surface area contributed by atoms with Crippen LogP contribution in [0, 0.1) is 55.5 Å². The number of amides is 1. The number of ketones is 1. The topological polar surface area (TPSA) is 120 Å². The molecule has 8 nitrogen and oxygen atoms in total. The smallest absolute Gasteiger partial charge is 0.302 e. The van der Waals surface area contributed by atoms with Crippen LogP contribution >= 0.6 is 0 Å². The Morgan fingerprint density at radius 2 is 1.67 bits per heavy atom. The van der Waals surface area contributed by atoms with Crippen LogP contribution < -0.4 is 10.5 Å². The van der Waals surface area contributed by atoms with Crippen molar-refractivity contribution in [2.75, 3.05) is 5.32 Å². The number of anilines is 1. The molecule has 4 fully saturated rings. The number of carbonyl (C=O) groups excluding carboxylic acids is 3. The van der Waals surface area contributed by atoms with Crippen molar-refractivity contribution in [1.29, 1.82) is 0 Å². The van der Waals surface area contributed by atoms with E-state index in [1.807, 2.05) is 13.0 Å². The second-order valence-electron chi connectivity index (χ2n) is 17.6. The van der Waals surface area contributed by atoms with E-state index in [1.165, 1.54) is 24.6 Å². The van der Waals surface area contributed by atoms with Gasteiger partial charge in [0.05, 0.1) is 0 Å². The quantitative estimate of drug-likeness (QED) is 0.244. The standard InChI is InChI=1S/C38H54N2O6/c1-23(41)46-30-13-14-36(6)29(33(30,2)3)12-15-38(8)31(36)28(42)21-26-27-22-35(5,17-16-34(27,4)18-19-37(26,38)7)32(43)39-24-10-9-11-25(20-24)40(44)45/h9-11,20-21,27,29-31,40,44H,12-19,22H2,1-8H3,(H,39,43)/t27-,29-,30+,31-,34-,35+,36+,37+,38-/m1/s1. The van der Waals surface area contributed by atoms with Crippen LogP contribution in [0.1, 0.15) is 113 Å². The van der Waals surface area contributed by atoms with Crippen molar-refractivity contribution in [1.82, 2.24) is 0 Å². The van der Waals surface area contributed by atoms with Crippen molar-refractivity contribution < 1.29 is 29.6 Å². The van der Waals surface area contributed by atoms with Crippen molar-refractivity contribution in [3.63, 3.8) is 0 Å². The molecule has 46 heavy (non-hydrogen) atoms. The molecule has 5 aliphatic rings. The Bertz CT molecular complexity index is 1480. The van der Waals surface area contributed by atoms with E-state index in [-0.39, 0.29) is 74.3 Å². The monoisotopic (exact) mass is 634 g/mol. The Morgan fingerprint density at radius 3 is 2.35 bits per heavy atom. The van der Waals surface area contributed by atoms with Crippen molar-refractivity contribution in [2.45, 2.75) is 119 Å². The third-order valence-corrected chi connectivity index (χ3v) is 14.7.